The smallest absolute Gasteiger partial charge is 0.243 e. The average Bonchev–Trinajstić information content (AvgIpc) is 3.25. The van der Waals surface area contributed by atoms with E-state index in [1.807, 2.05) is 7.05 Å². The fourth-order valence-corrected chi connectivity index (χ4v) is 5.29. The summed E-state index contributed by atoms with van der Waals surface area (Å²) in [7, 11) is 1.81. The lowest BCUT2D eigenvalue weighted by atomic mass is 9.82. The van der Waals surface area contributed by atoms with Crippen molar-refractivity contribution in [2.45, 2.75) is 69.1 Å². The molecule has 154 valence electrons. The molecule has 1 aliphatic carbocycles. The number of anilines is 1. The Morgan fingerprint density at radius 1 is 1.25 bits per heavy atom. The number of hydrogen-bond donors (Lipinski definition) is 2. The van der Waals surface area contributed by atoms with Gasteiger partial charge in [0, 0.05) is 25.8 Å². The lowest BCUT2D eigenvalue weighted by Gasteiger charge is -2.48. The van der Waals surface area contributed by atoms with E-state index in [1.165, 1.54) is 0 Å². The highest BCUT2D eigenvalue weighted by Gasteiger charge is 2.52. The number of amides is 2. The highest BCUT2D eigenvalue weighted by molar-refractivity contribution is 5.93. The van der Waals surface area contributed by atoms with Crippen molar-refractivity contribution < 1.29 is 14.7 Å². The lowest BCUT2D eigenvalue weighted by Crippen LogP contribution is -2.63. The summed E-state index contributed by atoms with van der Waals surface area (Å²) >= 11 is 0. The molecule has 2 saturated heterocycles. The van der Waals surface area contributed by atoms with Gasteiger partial charge in [-0.2, -0.15) is 5.10 Å². The maximum atomic E-state index is 13.6. The van der Waals surface area contributed by atoms with Gasteiger partial charge in [0.05, 0.1) is 24.5 Å². The second kappa shape index (κ2) is 7.83. The fourth-order valence-electron chi connectivity index (χ4n) is 5.29. The van der Waals surface area contributed by atoms with E-state index < -0.39 is 5.54 Å². The summed E-state index contributed by atoms with van der Waals surface area (Å²) in [5.41, 5.74) is 0.152. The van der Waals surface area contributed by atoms with Crippen LogP contribution >= 0.6 is 0 Å². The summed E-state index contributed by atoms with van der Waals surface area (Å²) in [4.78, 5) is 30.3. The van der Waals surface area contributed by atoms with Gasteiger partial charge in [0.2, 0.25) is 11.8 Å². The molecule has 1 aromatic heterocycles. The van der Waals surface area contributed by atoms with Crippen molar-refractivity contribution in [2.75, 3.05) is 25.0 Å². The number of carbonyl (C=O) groups is 2. The third-order valence-corrected chi connectivity index (χ3v) is 6.70. The Morgan fingerprint density at radius 3 is 2.64 bits per heavy atom. The van der Waals surface area contributed by atoms with Crippen LogP contribution in [-0.4, -0.2) is 73.8 Å². The zero-order valence-electron chi connectivity index (χ0n) is 16.6. The van der Waals surface area contributed by atoms with Crippen LogP contribution in [0, 0.1) is 0 Å². The average molecular weight is 390 g/mol. The predicted molar refractivity (Wildman–Crippen MR) is 105 cm³/mol. The van der Waals surface area contributed by atoms with Crippen molar-refractivity contribution in [3.63, 3.8) is 0 Å². The molecule has 28 heavy (non-hydrogen) atoms. The Kier molecular flexibility index (Phi) is 5.42. The van der Waals surface area contributed by atoms with Crippen molar-refractivity contribution in [1.82, 2.24) is 19.6 Å². The summed E-state index contributed by atoms with van der Waals surface area (Å²) in [6.07, 6.45) is 10.1. The number of carbonyl (C=O) groups excluding carboxylic acids is 2. The zero-order chi connectivity index (χ0) is 19.7. The Bertz CT molecular complexity index is 727. The molecule has 3 aliphatic rings. The minimum Gasteiger partial charge on any atom is -0.393 e. The summed E-state index contributed by atoms with van der Waals surface area (Å²) in [5.74, 6) is 0.104. The fraction of sp³-hybridized carbons (Fsp3) is 0.750. The number of aliphatic hydroxyl groups excluding tert-OH is 1. The molecule has 8 nitrogen and oxygen atoms in total. The maximum absolute atomic E-state index is 13.6. The summed E-state index contributed by atoms with van der Waals surface area (Å²) < 4.78 is 1.65. The molecule has 8 heteroatoms. The van der Waals surface area contributed by atoms with Crippen molar-refractivity contribution in [3.05, 3.63) is 12.4 Å². The molecule has 0 aromatic carbocycles. The highest BCUT2D eigenvalue weighted by Crippen LogP contribution is 2.40. The number of aliphatic hydroxyl groups is 1. The van der Waals surface area contributed by atoms with Crippen molar-refractivity contribution in [3.8, 4) is 0 Å². The molecule has 0 bridgehead atoms. The van der Waals surface area contributed by atoms with Crippen LogP contribution in [0.1, 0.15) is 51.4 Å². The first-order chi connectivity index (χ1) is 13.5. The van der Waals surface area contributed by atoms with Crippen molar-refractivity contribution >= 4 is 17.5 Å². The van der Waals surface area contributed by atoms with Crippen LogP contribution in [0.5, 0.6) is 0 Å². The van der Waals surface area contributed by atoms with Gasteiger partial charge >= 0.3 is 0 Å². The zero-order valence-corrected chi connectivity index (χ0v) is 16.6. The van der Waals surface area contributed by atoms with E-state index in [1.54, 1.807) is 17.1 Å². The van der Waals surface area contributed by atoms with E-state index in [9.17, 15) is 14.7 Å². The molecule has 2 amide bonds. The van der Waals surface area contributed by atoms with Crippen molar-refractivity contribution in [2.24, 2.45) is 7.05 Å². The summed E-state index contributed by atoms with van der Waals surface area (Å²) in [6.45, 7) is 1.82. The van der Waals surface area contributed by atoms with E-state index in [0.717, 1.165) is 64.5 Å². The predicted octanol–water partition coefficient (Wildman–Crippen LogP) is 1.12. The van der Waals surface area contributed by atoms with Crippen LogP contribution in [0.15, 0.2) is 12.4 Å². The van der Waals surface area contributed by atoms with Gasteiger partial charge in [0.15, 0.2) is 0 Å². The quantitative estimate of drug-likeness (QED) is 0.805. The van der Waals surface area contributed by atoms with Gasteiger partial charge in [-0.25, -0.2) is 0 Å². The first-order valence-electron chi connectivity index (χ1n) is 10.5. The highest BCUT2D eigenvalue weighted by atomic mass is 16.3. The molecule has 1 aromatic rings. The van der Waals surface area contributed by atoms with Crippen LogP contribution < -0.4 is 5.32 Å². The normalized spacial score (nSPS) is 31.5. The number of piperidine rings is 1. The molecule has 3 fully saturated rings. The number of aryl methyl sites for hydroxylation is 1. The van der Waals surface area contributed by atoms with Crippen molar-refractivity contribution in [1.29, 1.82) is 0 Å². The molecule has 1 unspecified atom stereocenters. The number of rotatable bonds is 4. The summed E-state index contributed by atoms with van der Waals surface area (Å²) in [6, 6.07) is 0.236. The SMILES string of the molecule is Cn1cc(NC(=O)CN2CCCC23CCCN(C2CCC(O)CC2)C3=O)cn1. The standard InChI is InChI=1S/C20H31N5O3/c1-23-13-15(12-21-23)22-18(27)14-24-10-2-8-20(24)9-3-11-25(19(20)28)16-4-6-17(26)7-5-16/h12-13,16-17,26H,2-11,14H2,1H3,(H,22,27). The van der Waals surface area contributed by atoms with Gasteiger partial charge in [-0.05, 0) is 57.9 Å². The first kappa shape index (κ1) is 19.4. The largest absolute Gasteiger partial charge is 0.393 e. The Balaban J connectivity index is 1.44. The molecule has 0 radical (unpaired) electrons. The minimum absolute atomic E-state index is 0.0972. The van der Waals surface area contributed by atoms with Crippen LogP contribution in [0.3, 0.4) is 0 Å². The molecule has 1 atom stereocenters. The molecule has 4 rings (SSSR count). The minimum atomic E-state index is -0.527. The van der Waals surface area contributed by atoms with Crippen LogP contribution in [0.25, 0.3) is 0 Å². The molecule has 2 aliphatic heterocycles. The molecule has 2 N–H and O–H groups in total. The molecule has 3 heterocycles. The Hall–Kier alpha value is -1.93. The van der Waals surface area contributed by atoms with E-state index in [0.29, 0.717) is 5.69 Å². The first-order valence-corrected chi connectivity index (χ1v) is 10.5. The molecular formula is C20H31N5O3. The van der Waals surface area contributed by atoms with Crippen LogP contribution in [-0.2, 0) is 16.6 Å². The molecule has 1 spiro atoms. The maximum Gasteiger partial charge on any atom is 0.243 e. The van der Waals surface area contributed by atoms with E-state index in [-0.39, 0.29) is 30.5 Å². The van der Waals surface area contributed by atoms with Gasteiger partial charge in [0.1, 0.15) is 5.54 Å². The number of likely N-dealkylation sites (tertiary alicyclic amines) is 2. The van der Waals surface area contributed by atoms with Crippen LogP contribution in [0.4, 0.5) is 5.69 Å². The number of nitrogens with one attached hydrogen (secondary N) is 1. The third-order valence-electron chi connectivity index (χ3n) is 6.70. The van der Waals surface area contributed by atoms with Gasteiger partial charge in [-0.1, -0.05) is 0 Å². The third kappa shape index (κ3) is 3.67. The Labute approximate surface area is 165 Å². The monoisotopic (exact) mass is 389 g/mol. The van der Waals surface area contributed by atoms with E-state index in [4.69, 9.17) is 0 Å². The summed E-state index contributed by atoms with van der Waals surface area (Å²) in [5, 5.41) is 16.8. The second-order valence-corrected chi connectivity index (χ2v) is 8.57. The number of hydrogen-bond acceptors (Lipinski definition) is 5. The lowest BCUT2D eigenvalue weighted by molar-refractivity contribution is -0.152. The Morgan fingerprint density at radius 2 is 1.96 bits per heavy atom. The van der Waals surface area contributed by atoms with E-state index >= 15 is 0 Å². The number of aromatic nitrogens is 2. The van der Waals surface area contributed by atoms with Gasteiger partial charge in [-0.15, -0.1) is 0 Å². The molecular weight excluding hydrogens is 358 g/mol. The van der Waals surface area contributed by atoms with Gasteiger partial charge < -0.3 is 15.3 Å². The van der Waals surface area contributed by atoms with Crippen LogP contribution in [0.2, 0.25) is 0 Å². The van der Waals surface area contributed by atoms with Gasteiger partial charge in [0.25, 0.3) is 0 Å². The number of nitrogens with zero attached hydrogens (tertiary/aromatic N) is 4. The topological polar surface area (TPSA) is 90.7 Å². The van der Waals surface area contributed by atoms with Gasteiger partial charge in [-0.3, -0.25) is 19.2 Å². The van der Waals surface area contributed by atoms with E-state index in [2.05, 4.69) is 20.2 Å². The second-order valence-electron chi connectivity index (χ2n) is 8.57. The molecule has 1 saturated carbocycles.